The molecule has 0 N–H and O–H groups in total. The molecule has 2 nitrogen and oxygen atoms in total. The van der Waals surface area contributed by atoms with Crippen molar-refractivity contribution in [3.05, 3.63) is 30.1 Å². The van der Waals surface area contributed by atoms with Gasteiger partial charge >= 0.3 is 93.2 Å². The summed E-state index contributed by atoms with van der Waals surface area (Å²) < 4.78 is 3.09. The van der Waals surface area contributed by atoms with Gasteiger partial charge in [0, 0.05) is 0 Å². The molecule has 3 heteroatoms. The minimum absolute atomic E-state index is 0.804. The minimum atomic E-state index is -0.804. The van der Waals surface area contributed by atoms with Crippen LogP contribution in [0.2, 0.25) is 13.8 Å². The summed E-state index contributed by atoms with van der Waals surface area (Å²) in [6.45, 7) is 3.77. The first-order valence-electron chi connectivity index (χ1n) is 5.27. The van der Waals surface area contributed by atoms with Gasteiger partial charge in [-0.05, 0) is 0 Å². The zero-order valence-corrected chi connectivity index (χ0v) is 11.6. The van der Waals surface area contributed by atoms with Gasteiger partial charge in [-0.25, -0.2) is 0 Å². The van der Waals surface area contributed by atoms with Crippen molar-refractivity contribution in [1.82, 2.24) is 9.88 Å². The average molecular weight is 296 g/mol. The second-order valence-electron chi connectivity index (χ2n) is 4.09. The van der Waals surface area contributed by atoms with E-state index in [1.807, 2.05) is 18.5 Å². The zero-order valence-electron chi connectivity index (χ0n) is 8.74. The van der Waals surface area contributed by atoms with E-state index >= 15 is 0 Å². The van der Waals surface area contributed by atoms with Crippen molar-refractivity contribution in [2.45, 2.75) is 20.4 Å². The number of aromatic nitrogens is 1. The molecule has 0 atom stereocenters. The molecule has 0 aliphatic carbocycles. The summed E-state index contributed by atoms with van der Waals surface area (Å²) >= 11 is -0.804. The molecule has 2 rings (SSSR count). The molecule has 0 saturated carbocycles. The van der Waals surface area contributed by atoms with E-state index in [1.54, 1.807) is 8.87 Å². The molecule has 1 aliphatic heterocycles. The fraction of sp³-hybridized carbons (Fsp3) is 0.545. The number of nitrogens with zero attached hydrogens (tertiary/aromatic N) is 2. The summed E-state index contributed by atoms with van der Waals surface area (Å²) in [5.41, 5.74) is 1.36. The Morgan fingerprint density at radius 2 is 2.21 bits per heavy atom. The average Bonchev–Trinajstić information content (AvgIpc) is 2.23. The van der Waals surface area contributed by atoms with Gasteiger partial charge in [0.2, 0.25) is 0 Å². The quantitative estimate of drug-likeness (QED) is 0.776. The Balaban J connectivity index is 1.87. The molecule has 2 heterocycles. The second kappa shape index (κ2) is 5.12. The molecule has 1 aromatic rings. The Morgan fingerprint density at radius 1 is 1.43 bits per heavy atom. The molecule has 0 aromatic carbocycles. The molecular formula is C11H17N2Sn. The Kier molecular flexibility index (Phi) is 3.81. The number of pyridine rings is 1. The second-order valence-corrected chi connectivity index (χ2v) is 12.4. The molecule has 75 valence electrons. The van der Waals surface area contributed by atoms with Crippen molar-refractivity contribution in [1.29, 1.82) is 0 Å². The molecular weight excluding hydrogens is 279 g/mol. The van der Waals surface area contributed by atoms with Crippen LogP contribution >= 0.6 is 0 Å². The van der Waals surface area contributed by atoms with E-state index in [0.29, 0.717) is 0 Å². The topological polar surface area (TPSA) is 16.1 Å². The normalized spacial score (nSPS) is 19.8. The summed E-state index contributed by atoms with van der Waals surface area (Å²) in [5.74, 6) is 0. The summed E-state index contributed by atoms with van der Waals surface area (Å²) in [7, 11) is 0. The monoisotopic (exact) mass is 297 g/mol. The van der Waals surface area contributed by atoms with Gasteiger partial charge in [-0.3, -0.25) is 0 Å². The van der Waals surface area contributed by atoms with Crippen molar-refractivity contribution in [3.63, 3.8) is 0 Å². The summed E-state index contributed by atoms with van der Waals surface area (Å²) in [6.07, 6.45) is 3.83. The van der Waals surface area contributed by atoms with Gasteiger partial charge in [-0.2, -0.15) is 0 Å². The molecule has 14 heavy (non-hydrogen) atoms. The van der Waals surface area contributed by atoms with Crippen LogP contribution in [0.15, 0.2) is 24.5 Å². The fourth-order valence-corrected chi connectivity index (χ4v) is 6.54. The van der Waals surface area contributed by atoms with Crippen LogP contribution in [-0.2, 0) is 6.54 Å². The van der Waals surface area contributed by atoms with Gasteiger partial charge in [0.1, 0.15) is 0 Å². The predicted molar refractivity (Wildman–Crippen MR) is 60.7 cm³/mol. The third-order valence-electron chi connectivity index (χ3n) is 2.84. The van der Waals surface area contributed by atoms with Crippen LogP contribution in [0.5, 0.6) is 0 Å². The van der Waals surface area contributed by atoms with Crippen LogP contribution in [0.4, 0.5) is 0 Å². The molecule has 1 aliphatic rings. The molecule has 0 bridgehead atoms. The van der Waals surface area contributed by atoms with Gasteiger partial charge in [-0.15, -0.1) is 0 Å². The SMILES string of the molecule is [CH3][Sn]1[CH2]CN(Cc2cccnc2)C[CH2]1. The Morgan fingerprint density at radius 3 is 2.86 bits per heavy atom. The van der Waals surface area contributed by atoms with Gasteiger partial charge < -0.3 is 0 Å². The predicted octanol–water partition coefficient (Wildman–Crippen LogP) is 2.02. The van der Waals surface area contributed by atoms with E-state index in [2.05, 4.69) is 20.9 Å². The van der Waals surface area contributed by atoms with Gasteiger partial charge in [0.25, 0.3) is 0 Å². The molecule has 1 saturated heterocycles. The summed E-state index contributed by atoms with van der Waals surface area (Å²) in [6, 6.07) is 4.20. The van der Waals surface area contributed by atoms with Gasteiger partial charge in [0.15, 0.2) is 0 Å². The Hall–Kier alpha value is -0.0913. The van der Waals surface area contributed by atoms with Crippen LogP contribution in [0.25, 0.3) is 0 Å². The van der Waals surface area contributed by atoms with Crippen molar-refractivity contribution < 1.29 is 0 Å². The molecule has 1 radical (unpaired) electrons. The first-order valence-corrected chi connectivity index (χ1v) is 12.2. The number of rotatable bonds is 2. The van der Waals surface area contributed by atoms with Gasteiger partial charge in [-0.1, -0.05) is 0 Å². The van der Waals surface area contributed by atoms with E-state index in [1.165, 1.54) is 18.7 Å². The first-order chi connectivity index (χ1) is 6.84. The van der Waals surface area contributed by atoms with Crippen molar-refractivity contribution in [3.8, 4) is 0 Å². The maximum atomic E-state index is 4.15. The third-order valence-corrected chi connectivity index (χ3v) is 8.99. The van der Waals surface area contributed by atoms with Crippen LogP contribution in [0, 0.1) is 0 Å². The maximum absolute atomic E-state index is 4.15. The van der Waals surface area contributed by atoms with Crippen LogP contribution in [0.1, 0.15) is 5.56 Å². The Bertz CT molecular complexity index is 268. The molecule has 1 fully saturated rings. The van der Waals surface area contributed by atoms with Crippen LogP contribution in [0.3, 0.4) is 0 Å². The third kappa shape index (κ3) is 2.95. The van der Waals surface area contributed by atoms with Crippen LogP contribution in [-0.4, -0.2) is 42.7 Å². The summed E-state index contributed by atoms with van der Waals surface area (Å²) in [4.78, 5) is 9.27. The van der Waals surface area contributed by atoms with E-state index in [-0.39, 0.29) is 0 Å². The first kappa shape index (κ1) is 10.4. The molecule has 1 aromatic heterocycles. The van der Waals surface area contributed by atoms with Crippen molar-refractivity contribution >= 4 is 19.8 Å². The van der Waals surface area contributed by atoms with Crippen LogP contribution < -0.4 is 0 Å². The molecule has 0 spiro atoms. The Labute approximate surface area is 93.1 Å². The van der Waals surface area contributed by atoms with Gasteiger partial charge in [0.05, 0.1) is 0 Å². The number of hydrogen-bond acceptors (Lipinski definition) is 2. The van der Waals surface area contributed by atoms with E-state index < -0.39 is 19.8 Å². The van der Waals surface area contributed by atoms with Crippen molar-refractivity contribution in [2.75, 3.05) is 13.1 Å². The molecule has 0 unspecified atom stereocenters. The van der Waals surface area contributed by atoms with E-state index in [9.17, 15) is 0 Å². The van der Waals surface area contributed by atoms with E-state index in [0.717, 1.165) is 6.54 Å². The summed E-state index contributed by atoms with van der Waals surface area (Å²) in [5, 5.41) is 0. The van der Waals surface area contributed by atoms with E-state index in [4.69, 9.17) is 0 Å². The standard InChI is InChI=1S/C10H14N2.CH3.Sn/c1-3-12(4-2)9-10-6-5-7-11-8-10;;/h5-8H,1-4,9H2;1H3;. The molecule has 0 amide bonds. The number of hydrogen-bond donors (Lipinski definition) is 0. The zero-order chi connectivity index (χ0) is 9.80. The van der Waals surface area contributed by atoms with Crippen molar-refractivity contribution in [2.24, 2.45) is 0 Å². The fourth-order valence-electron chi connectivity index (χ4n) is 1.84.